The number of carbonyl (C=O) groups excluding carboxylic acids is 1. The average molecular weight is 318 g/mol. The number of nitrogens with one attached hydrogen (secondary N) is 1. The molecule has 23 heavy (non-hydrogen) atoms. The molecule has 0 radical (unpaired) electrons. The van der Waals surface area contributed by atoms with Crippen molar-refractivity contribution in [2.45, 2.75) is 19.3 Å². The van der Waals surface area contributed by atoms with Gasteiger partial charge in [0.15, 0.2) is 11.6 Å². The normalized spacial score (nSPS) is 26.6. The third-order valence-electron chi connectivity index (χ3n) is 5.37. The lowest BCUT2D eigenvalue weighted by Gasteiger charge is -2.47. The van der Waals surface area contributed by atoms with Gasteiger partial charge in [0.25, 0.3) is 0 Å². The highest BCUT2D eigenvalue weighted by molar-refractivity contribution is 6.06. The van der Waals surface area contributed by atoms with Crippen molar-refractivity contribution in [1.82, 2.24) is 9.88 Å². The van der Waals surface area contributed by atoms with Crippen molar-refractivity contribution in [3.8, 4) is 5.75 Å². The summed E-state index contributed by atoms with van der Waals surface area (Å²) in [5.41, 5.74) is 0.783. The third kappa shape index (κ3) is 2.37. The minimum atomic E-state index is -0.746. The second-order valence-electron chi connectivity index (χ2n) is 6.69. The summed E-state index contributed by atoms with van der Waals surface area (Å²) in [4.78, 5) is 17.7. The van der Waals surface area contributed by atoms with Crippen molar-refractivity contribution in [3.63, 3.8) is 0 Å². The molecule has 2 N–H and O–H groups in total. The first-order valence-electron chi connectivity index (χ1n) is 7.96. The Labute approximate surface area is 133 Å². The monoisotopic (exact) mass is 318 g/mol. The number of nitrogens with zero attached hydrogens (tertiary/aromatic N) is 1. The summed E-state index contributed by atoms with van der Waals surface area (Å²) in [6, 6.07) is 2.66. The fourth-order valence-corrected chi connectivity index (χ4v) is 3.75. The molecule has 1 aromatic carbocycles. The minimum Gasteiger partial charge on any atom is -0.504 e. The first-order chi connectivity index (χ1) is 11.1. The molecule has 3 aliphatic rings. The molecule has 3 fully saturated rings. The molecule has 0 aliphatic carbocycles. The Bertz CT molecular complexity index is 749. The molecule has 122 valence electrons. The van der Waals surface area contributed by atoms with E-state index in [0.717, 1.165) is 45.0 Å². The van der Waals surface area contributed by atoms with Crippen LogP contribution in [0.2, 0.25) is 0 Å². The van der Waals surface area contributed by atoms with Crippen LogP contribution in [0, 0.1) is 11.2 Å². The van der Waals surface area contributed by atoms with E-state index in [1.54, 1.807) is 0 Å². The van der Waals surface area contributed by atoms with Crippen LogP contribution in [0.5, 0.6) is 5.75 Å². The van der Waals surface area contributed by atoms with E-state index in [2.05, 4.69) is 9.88 Å². The highest BCUT2D eigenvalue weighted by Crippen LogP contribution is 2.40. The number of H-pyrrole nitrogens is 1. The molecular weight excluding hydrogens is 299 g/mol. The fourth-order valence-electron chi connectivity index (χ4n) is 3.75. The second-order valence-corrected chi connectivity index (χ2v) is 6.69. The molecule has 2 aromatic rings. The fraction of sp³-hybridized carbons (Fsp3) is 0.471. The van der Waals surface area contributed by atoms with Gasteiger partial charge in [-0.05, 0) is 51.0 Å². The smallest absolute Gasteiger partial charge is 0.340 e. The molecule has 4 heterocycles. The number of phenols is 1. The third-order valence-corrected chi connectivity index (χ3v) is 5.37. The molecular formula is C17H19FN2O3. The van der Waals surface area contributed by atoms with Gasteiger partial charge >= 0.3 is 5.97 Å². The number of hydrogen-bond donors (Lipinski definition) is 2. The Kier molecular flexibility index (Phi) is 3.30. The molecule has 1 aromatic heterocycles. The van der Waals surface area contributed by atoms with Gasteiger partial charge in [-0.2, -0.15) is 0 Å². The molecule has 0 saturated carbocycles. The molecule has 5 rings (SSSR count). The van der Waals surface area contributed by atoms with Gasteiger partial charge in [0.05, 0.1) is 23.1 Å². The number of benzene rings is 1. The van der Waals surface area contributed by atoms with Gasteiger partial charge in [0, 0.05) is 11.6 Å². The van der Waals surface area contributed by atoms with Crippen LogP contribution in [-0.2, 0) is 4.74 Å². The predicted molar refractivity (Wildman–Crippen MR) is 82.9 cm³/mol. The van der Waals surface area contributed by atoms with E-state index >= 15 is 0 Å². The van der Waals surface area contributed by atoms with Gasteiger partial charge in [0.2, 0.25) is 0 Å². The number of aromatic nitrogens is 1. The number of aromatic amines is 1. The lowest BCUT2D eigenvalue weighted by atomic mass is 9.73. The van der Waals surface area contributed by atoms with E-state index in [-0.39, 0.29) is 16.4 Å². The Morgan fingerprint density at radius 2 is 2.00 bits per heavy atom. The number of aromatic hydroxyl groups is 1. The highest BCUT2D eigenvalue weighted by atomic mass is 19.1. The highest BCUT2D eigenvalue weighted by Gasteiger charge is 2.40. The van der Waals surface area contributed by atoms with Crippen LogP contribution < -0.4 is 0 Å². The van der Waals surface area contributed by atoms with Crippen LogP contribution in [-0.4, -0.2) is 47.2 Å². The van der Waals surface area contributed by atoms with E-state index < -0.39 is 17.5 Å². The second kappa shape index (κ2) is 5.23. The molecule has 6 heteroatoms. The summed E-state index contributed by atoms with van der Waals surface area (Å²) >= 11 is 0. The number of phenolic OH excluding ortho intramolecular Hbond substituents is 1. The molecule has 3 saturated heterocycles. The van der Waals surface area contributed by atoms with Crippen molar-refractivity contribution < 1.29 is 19.0 Å². The Hall–Kier alpha value is -2.08. The van der Waals surface area contributed by atoms with Crippen molar-refractivity contribution in [1.29, 1.82) is 0 Å². The number of rotatable bonds is 3. The maximum atomic E-state index is 13.5. The van der Waals surface area contributed by atoms with Crippen molar-refractivity contribution >= 4 is 16.9 Å². The Balaban J connectivity index is 1.54. The number of halogens is 1. The van der Waals surface area contributed by atoms with Gasteiger partial charge in [0.1, 0.15) is 0 Å². The van der Waals surface area contributed by atoms with E-state index in [1.165, 1.54) is 12.3 Å². The van der Waals surface area contributed by atoms with E-state index in [9.17, 15) is 14.3 Å². The molecule has 2 bridgehead atoms. The summed E-state index contributed by atoms with van der Waals surface area (Å²) < 4.78 is 19.1. The molecule has 0 atom stereocenters. The summed E-state index contributed by atoms with van der Waals surface area (Å²) in [6.45, 7) is 3.59. The molecule has 3 aliphatic heterocycles. The van der Waals surface area contributed by atoms with Crippen LogP contribution in [0.1, 0.15) is 29.6 Å². The number of esters is 1. The van der Waals surface area contributed by atoms with Crippen LogP contribution in [0.3, 0.4) is 0 Å². The zero-order chi connectivity index (χ0) is 16.0. The average Bonchev–Trinajstić information content (AvgIpc) is 3.03. The molecule has 0 spiro atoms. The standard InChI is InChI=1S/C17H19FN2O3/c18-12-1-2-13-14(15(12)21)11(9-19-13)16(22)23-10-17-3-6-20(7-4-17)8-5-17/h1-2,9,19,21H,3-8,10H2. The maximum Gasteiger partial charge on any atom is 0.340 e. The number of hydrogen-bond acceptors (Lipinski definition) is 4. The summed E-state index contributed by atoms with van der Waals surface area (Å²) in [5, 5.41) is 10.1. The van der Waals surface area contributed by atoms with E-state index in [4.69, 9.17) is 4.74 Å². The first kappa shape index (κ1) is 14.5. The van der Waals surface area contributed by atoms with E-state index in [0.29, 0.717) is 12.1 Å². The summed E-state index contributed by atoms with van der Waals surface area (Å²) in [7, 11) is 0. The molecule has 0 amide bonds. The Morgan fingerprint density at radius 1 is 1.30 bits per heavy atom. The Morgan fingerprint density at radius 3 is 2.70 bits per heavy atom. The van der Waals surface area contributed by atoms with E-state index in [1.807, 2.05) is 0 Å². The number of fused-ring (bicyclic) bond motifs is 4. The number of piperidine rings is 3. The summed E-state index contributed by atoms with van der Waals surface area (Å²) in [5.74, 6) is -1.77. The topological polar surface area (TPSA) is 65.6 Å². The van der Waals surface area contributed by atoms with Crippen LogP contribution in [0.15, 0.2) is 18.3 Å². The van der Waals surface area contributed by atoms with Gasteiger partial charge in [-0.15, -0.1) is 0 Å². The van der Waals surface area contributed by atoms with Crippen molar-refractivity contribution in [3.05, 3.63) is 29.7 Å². The first-order valence-corrected chi connectivity index (χ1v) is 7.96. The largest absolute Gasteiger partial charge is 0.504 e. The van der Waals surface area contributed by atoms with Gasteiger partial charge in [-0.1, -0.05) is 0 Å². The van der Waals surface area contributed by atoms with Crippen molar-refractivity contribution in [2.24, 2.45) is 5.41 Å². The predicted octanol–water partition coefficient (Wildman–Crippen LogP) is 2.66. The zero-order valence-electron chi connectivity index (χ0n) is 12.8. The maximum absolute atomic E-state index is 13.5. The lowest BCUT2D eigenvalue weighted by molar-refractivity contribution is -0.0304. The SMILES string of the molecule is O=C(OCC12CCN(CC1)CC2)c1c[nH]c2ccc(F)c(O)c12. The van der Waals surface area contributed by atoms with Gasteiger partial charge < -0.3 is 19.7 Å². The van der Waals surface area contributed by atoms with Gasteiger partial charge in [-0.3, -0.25) is 0 Å². The number of ether oxygens (including phenoxy) is 1. The van der Waals surface area contributed by atoms with Crippen molar-refractivity contribution in [2.75, 3.05) is 26.2 Å². The van der Waals surface area contributed by atoms with Gasteiger partial charge in [-0.25, -0.2) is 9.18 Å². The summed E-state index contributed by atoms with van der Waals surface area (Å²) in [6.07, 6.45) is 4.61. The quantitative estimate of drug-likeness (QED) is 0.854. The molecule has 5 nitrogen and oxygen atoms in total. The molecule has 0 unspecified atom stereocenters. The lowest BCUT2D eigenvalue weighted by Crippen LogP contribution is -2.50. The number of carbonyl (C=O) groups is 1. The minimum absolute atomic E-state index is 0.0871. The van der Waals surface area contributed by atoms with Crippen LogP contribution >= 0.6 is 0 Å². The van der Waals surface area contributed by atoms with Crippen LogP contribution in [0.25, 0.3) is 10.9 Å². The van der Waals surface area contributed by atoms with Crippen LogP contribution in [0.4, 0.5) is 4.39 Å². The zero-order valence-corrected chi connectivity index (χ0v) is 12.8.